The molecule has 310 valence electrons. The number of likely N-dealkylation sites (N-methyl/N-ethyl adjacent to an activating group) is 1. The molecule has 0 aromatic carbocycles. The van der Waals surface area contributed by atoms with Crippen LogP contribution in [0.1, 0.15) is 181 Å². The van der Waals surface area contributed by atoms with Gasteiger partial charge in [0.2, 0.25) is 0 Å². The molecule has 2 atom stereocenters. The maximum absolute atomic E-state index is 12.7. The van der Waals surface area contributed by atoms with Crippen LogP contribution in [0.3, 0.4) is 0 Å². The van der Waals surface area contributed by atoms with Crippen molar-refractivity contribution >= 4 is 17.9 Å². The van der Waals surface area contributed by atoms with Gasteiger partial charge in [0.05, 0.1) is 40.3 Å². The number of hydrogen-bond acceptors (Lipinski definition) is 8. The molecule has 0 aliphatic heterocycles. The lowest BCUT2D eigenvalue weighted by Crippen LogP contribution is -2.44. The van der Waals surface area contributed by atoms with E-state index in [1.54, 1.807) is 0 Å². The highest BCUT2D eigenvalue weighted by atomic mass is 16.7. The van der Waals surface area contributed by atoms with Crippen LogP contribution in [0.25, 0.3) is 0 Å². The predicted octanol–water partition coefficient (Wildman–Crippen LogP) is 9.55. The minimum atomic E-state index is -1.62. The van der Waals surface area contributed by atoms with Crippen molar-refractivity contribution in [3.05, 3.63) is 24.3 Å². The number of rotatable bonds is 39. The molecule has 0 amide bonds. The number of carbonyl (C=O) groups excluding carboxylic acids is 3. The van der Waals surface area contributed by atoms with Crippen molar-refractivity contribution in [3.63, 3.8) is 0 Å². The molecule has 0 heterocycles. The van der Waals surface area contributed by atoms with Crippen molar-refractivity contribution in [1.29, 1.82) is 0 Å². The Morgan fingerprint density at radius 1 is 0.547 bits per heavy atom. The number of unbranched alkanes of at least 4 members (excludes halogenated alkanes) is 20. The average Bonchev–Trinajstić information content (AvgIpc) is 3.11. The van der Waals surface area contributed by atoms with Crippen molar-refractivity contribution < 1.29 is 42.9 Å². The lowest BCUT2D eigenvalue weighted by molar-refractivity contribution is -0.870. The number of allylic oxidation sites excluding steroid dienone is 4. The topological polar surface area (TPSA) is 111 Å². The second-order valence-electron chi connectivity index (χ2n) is 15.6. The fourth-order valence-corrected chi connectivity index (χ4v) is 5.77. The zero-order chi connectivity index (χ0) is 39.3. The molecule has 0 N–H and O–H groups in total. The summed E-state index contributed by atoms with van der Waals surface area (Å²) in [6.07, 6.45) is 35.0. The Hall–Kier alpha value is -2.23. The average molecular weight is 752 g/mol. The third-order valence-electron chi connectivity index (χ3n) is 9.15. The standard InChI is InChI=1S/C44H81NO8/c1-6-8-10-12-14-16-18-19-20-21-22-23-24-25-27-29-31-33-35-42(47)53-40(39-52-44(43(48)49)50-37-36-45(3,4)5)38-51-41(46)34-32-30-28-26-17-15-13-11-9-7-2/h11,13,20-21,40,44H,6-10,12,14-19,22-39H2,1-5H3/b13-11-,21-20-. The quantitative estimate of drug-likeness (QED) is 0.0201. The second-order valence-corrected chi connectivity index (χ2v) is 15.6. The van der Waals surface area contributed by atoms with Crippen LogP contribution < -0.4 is 5.11 Å². The van der Waals surface area contributed by atoms with E-state index in [2.05, 4.69) is 38.2 Å². The Balaban J connectivity index is 4.43. The van der Waals surface area contributed by atoms with Crippen LogP contribution in [0.15, 0.2) is 24.3 Å². The van der Waals surface area contributed by atoms with Crippen molar-refractivity contribution in [1.82, 2.24) is 0 Å². The Morgan fingerprint density at radius 2 is 1.00 bits per heavy atom. The largest absolute Gasteiger partial charge is 0.545 e. The zero-order valence-electron chi connectivity index (χ0n) is 34.9. The smallest absolute Gasteiger partial charge is 0.306 e. The maximum atomic E-state index is 12.7. The fourth-order valence-electron chi connectivity index (χ4n) is 5.77. The van der Waals surface area contributed by atoms with Gasteiger partial charge in [0.25, 0.3) is 0 Å². The van der Waals surface area contributed by atoms with Gasteiger partial charge in [-0.2, -0.15) is 0 Å². The molecule has 9 heteroatoms. The van der Waals surface area contributed by atoms with Crippen LogP contribution in [0.2, 0.25) is 0 Å². The third kappa shape index (κ3) is 37.9. The number of aliphatic carboxylic acids is 1. The van der Waals surface area contributed by atoms with Crippen LogP contribution in [0.5, 0.6) is 0 Å². The Morgan fingerprint density at radius 3 is 1.47 bits per heavy atom. The summed E-state index contributed by atoms with van der Waals surface area (Å²) in [6.45, 7) is 4.65. The van der Waals surface area contributed by atoms with Crippen molar-refractivity contribution in [2.24, 2.45) is 0 Å². The third-order valence-corrected chi connectivity index (χ3v) is 9.15. The SMILES string of the molecule is CCC/C=C\CCCCCCCC(=O)OCC(COC(OCC[N+](C)(C)C)C(=O)[O-])OC(=O)CCCCCCCCC/C=C\CCCCCCCCC. The molecule has 0 bridgehead atoms. The highest BCUT2D eigenvalue weighted by molar-refractivity contribution is 5.70. The summed E-state index contributed by atoms with van der Waals surface area (Å²) in [6, 6.07) is 0. The predicted molar refractivity (Wildman–Crippen MR) is 214 cm³/mol. The van der Waals surface area contributed by atoms with Crippen molar-refractivity contribution in [2.75, 3.05) is 47.5 Å². The van der Waals surface area contributed by atoms with E-state index in [4.69, 9.17) is 18.9 Å². The van der Waals surface area contributed by atoms with Crippen molar-refractivity contribution in [3.8, 4) is 0 Å². The van der Waals surface area contributed by atoms with Gasteiger partial charge in [-0.25, -0.2) is 0 Å². The highest BCUT2D eigenvalue weighted by Crippen LogP contribution is 2.14. The molecule has 0 aromatic rings. The van der Waals surface area contributed by atoms with Crippen LogP contribution in [0, 0.1) is 0 Å². The molecule has 53 heavy (non-hydrogen) atoms. The first-order valence-corrected chi connectivity index (χ1v) is 21.5. The summed E-state index contributed by atoms with van der Waals surface area (Å²) in [5.74, 6) is -2.30. The van der Waals surface area contributed by atoms with Gasteiger partial charge in [-0.05, 0) is 57.8 Å². The molecule has 0 aliphatic rings. The van der Waals surface area contributed by atoms with E-state index in [0.717, 1.165) is 70.6 Å². The summed E-state index contributed by atoms with van der Waals surface area (Å²) in [7, 11) is 5.90. The first-order valence-electron chi connectivity index (χ1n) is 21.5. The molecule has 0 saturated heterocycles. The first-order chi connectivity index (χ1) is 25.6. The van der Waals surface area contributed by atoms with Gasteiger partial charge in [0.1, 0.15) is 13.2 Å². The van der Waals surface area contributed by atoms with Crippen LogP contribution in [-0.4, -0.2) is 82.3 Å². The number of esters is 2. The van der Waals surface area contributed by atoms with E-state index in [0.29, 0.717) is 17.4 Å². The molecule has 0 aromatic heterocycles. The van der Waals surface area contributed by atoms with E-state index in [9.17, 15) is 19.5 Å². The molecule has 9 nitrogen and oxygen atoms in total. The van der Waals surface area contributed by atoms with E-state index < -0.39 is 24.3 Å². The van der Waals surface area contributed by atoms with E-state index in [1.165, 1.54) is 77.0 Å². The first kappa shape index (κ1) is 50.8. The summed E-state index contributed by atoms with van der Waals surface area (Å²) >= 11 is 0. The Labute approximate surface area is 325 Å². The monoisotopic (exact) mass is 752 g/mol. The van der Waals surface area contributed by atoms with E-state index >= 15 is 0 Å². The number of carboxylic acids is 1. The molecule has 0 spiro atoms. The summed E-state index contributed by atoms with van der Waals surface area (Å²) in [5.41, 5.74) is 0. The maximum Gasteiger partial charge on any atom is 0.306 e. The van der Waals surface area contributed by atoms with Gasteiger partial charge in [-0.3, -0.25) is 9.59 Å². The fraction of sp³-hybridized carbons (Fsp3) is 0.841. The summed E-state index contributed by atoms with van der Waals surface area (Å²) in [4.78, 5) is 36.8. The van der Waals surface area contributed by atoms with Crippen molar-refractivity contribution in [2.45, 2.75) is 193 Å². The number of quaternary nitrogens is 1. The van der Waals surface area contributed by atoms with E-state index in [1.807, 2.05) is 21.1 Å². The van der Waals surface area contributed by atoms with Crippen LogP contribution >= 0.6 is 0 Å². The Kier molecular flexibility index (Phi) is 35.2. The number of hydrogen-bond donors (Lipinski definition) is 0. The molecule has 0 rings (SSSR count). The van der Waals surface area contributed by atoms with Crippen LogP contribution in [0.4, 0.5) is 0 Å². The minimum Gasteiger partial charge on any atom is -0.545 e. The zero-order valence-corrected chi connectivity index (χ0v) is 34.9. The molecule has 2 unspecified atom stereocenters. The van der Waals surface area contributed by atoms with Crippen LogP contribution in [-0.2, 0) is 33.3 Å². The molecule has 0 aliphatic carbocycles. The lowest BCUT2D eigenvalue weighted by atomic mass is 10.1. The second kappa shape index (κ2) is 36.7. The number of carbonyl (C=O) groups is 3. The van der Waals surface area contributed by atoms with Gasteiger partial charge in [-0.15, -0.1) is 0 Å². The molecule has 0 radical (unpaired) electrons. The Bertz CT molecular complexity index is 929. The number of nitrogens with zero attached hydrogens (tertiary/aromatic N) is 1. The van der Waals surface area contributed by atoms with Gasteiger partial charge in [-0.1, -0.05) is 134 Å². The van der Waals surface area contributed by atoms with Gasteiger partial charge in [0, 0.05) is 12.8 Å². The van der Waals surface area contributed by atoms with Gasteiger partial charge in [0.15, 0.2) is 12.4 Å². The molecular weight excluding hydrogens is 670 g/mol. The van der Waals surface area contributed by atoms with Gasteiger partial charge >= 0.3 is 11.9 Å². The molecular formula is C44H81NO8. The normalized spacial score (nSPS) is 13.2. The van der Waals surface area contributed by atoms with E-state index in [-0.39, 0.29) is 38.6 Å². The molecule has 0 fully saturated rings. The summed E-state index contributed by atoms with van der Waals surface area (Å²) in [5, 5.41) is 11.7. The minimum absolute atomic E-state index is 0.146. The number of carboxylic acid groups (broad SMARTS) is 1. The molecule has 0 saturated carbocycles. The lowest BCUT2D eigenvalue weighted by Gasteiger charge is -2.26. The highest BCUT2D eigenvalue weighted by Gasteiger charge is 2.21. The summed E-state index contributed by atoms with van der Waals surface area (Å²) < 4.78 is 22.5. The number of ether oxygens (including phenoxy) is 4. The van der Waals surface area contributed by atoms with Gasteiger partial charge < -0.3 is 33.3 Å².